The van der Waals surface area contributed by atoms with Gasteiger partial charge in [0.25, 0.3) is 0 Å². The lowest BCUT2D eigenvalue weighted by atomic mass is 10.2. The Morgan fingerprint density at radius 1 is 1.45 bits per heavy atom. The fraction of sp³-hybridized carbons (Fsp3) is 0.286. The molecular formula is C14H15FN2O2S. The first kappa shape index (κ1) is 14.6. The molecule has 106 valence electrons. The molecule has 2 rings (SSSR count). The second-order valence-corrected chi connectivity index (χ2v) is 5.31. The second kappa shape index (κ2) is 6.58. The number of anilines is 1. The summed E-state index contributed by atoms with van der Waals surface area (Å²) in [5, 5.41) is 0.669. The summed E-state index contributed by atoms with van der Waals surface area (Å²) >= 11 is 1.28. The van der Waals surface area contributed by atoms with Gasteiger partial charge in [-0.25, -0.2) is 9.37 Å². The van der Waals surface area contributed by atoms with Gasteiger partial charge < -0.3 is 9.64 Å². The minimum absolute atomic E-state index is 0.247. The molecule has 4 nitrogen and oxygen atoms in total. The van der Waals surface area contributed by atoms with Gasteiger partial charge in [-0.2, -0.15) is 0 Å². The molecule has 0 saturated carbocycles. The van der Waals surface area contributed by atoms with Crippen LogP contribution < -0.4 is 4.90 Å². The van der Waals surface area contributed by atoms with Crippen LogP contribution in [0.15, 0.2) is 24.3 Å². The summed E-state index contributed by atoms with van der Waals surface area (Å²) in [6, 6.07) is 6.61. The molecule has 1 aromatic carbocycles. The summed E-state index contributed by atoms with van der Waals surface area (Å²) in [6.45, 7) is 0.684. The standard InChI is InChI=1S/C14H15FN2O2S/c1-17(7-10-5-3-4-6-11(10)15)14-16-12(9-19-2)13(8-18)20-14/h3-6,8H,7,9H2,1-2H3. The minimum atomic E-state index is -0.247. The van der Waals surface area contributed by atoms with Gasteiger partial charge in [-0.1, -0.05) is 29.5 Å². The summed E-state index contributed by atoms with van der Waals surface area (Å²) in [7, 11) is 3.37. The van der Waals surface area contributed by atoms with Crippen molar-refractivity contribution in [1.29, 1.82) is 0 Å². The van der Waals surface area contributed by atoms with Crippen molar-refractivity contribution in [1.82, 2.24) is 4.98 Å². The molecule has 6 heteroatoms. The van der Waals surface area contributed by atoms with Gasteiger partial charge in [0.05, 0.1) is 17.2 Å². The van der Waals surface area contributed by atoms with Crippen LogP contribution in [0.5, 0.6) is 0 Å². The molecular weight excluding hydrogens is 279 g/mol. The maximum atomic E-state index is 13.6. The molecule has 0 aliphatic carbocycles. The number of carbonyl (C=O) groups is 1. The molecule has 0 aliphatic heterocycles. The molecule has 0 bridgehead atoms. The third-order valence-electron chi connectivity index (χ3n) is 2.80. The van der Waals surface area contributed by atoms with Crippen molar-refractivity contribution in [3.05, 3.63) is 46.2 Å². The molecule has 0 spiro atoms. The van der Waals surface area contributed by atoms with E-state index in [1.807, 2.05) is 11.9 Å². The number of benzene rings is 1. The number of hydrogen-bond acceptors (Lipinski definition) is 5. The SMILES string of the molecule is COCc1nc(N(C)Cc2ccccc2F)sc1C=O. The van der Waals surface area contributed by atoms with E-state index in [4.69, 9.17) is 4.74 Å². The van der Waals surface area contributed by atoms with Crippen molar-refractivity contribution in [2.45, 2.75) is 13.2 Å². The topological polar surface area (TPSA) is 42.4 Å². The van der Waals surface area contributed by atoms with Crippen LogP contribution in [0.25, 0.3) is 0 Å². The molecule has 0 aliphatic rings. The van der Waals surface area contributed by atoms with Crippen LogP contribution in [0.2, 0.25) is 0 Å². The van der Waals surface area contributed by atoms with Gasteiger partial charge >= 0.3 is 0 Å². The second-order valence-electron chi connectivity index (χ2n) is 4.31. The average Bonchev–Trinajstić information content (AvgIpc) is 2.85. The predicted octanol–water partition coefficient (Wildman–Crippen LogP) is 2.88. The highest BCUT2D eigenvalue weighted by molar-refractivity contribution is 7.17. The summed E-state index contributed by atoms with van der Waals surface area (Å²) in [5.74, 6) is -0.247. The van der Waals surface area contributed by atoms with Gasteiger partial charge in [0.2, 0.25) is 0 Å². The van der Waals surface area contributed by atoms with E-state index >= 15 is 0 Å². The van der Waals surface area contributed by atoms with Crippen LogP contribution in [0, 0.1) is 5.82 Å². The Hall–Kier alpha value is -1.79. The normalized spacial score (nSPS) is 10.6. The summed E-state index contributed by atoms with van der Waals surface area (Å²) in [4.78, 5) is 17.7. The Morgan fingerprint density at radius 3 is 2.85 bits per heavy atom. The van der Waals surface area contributed by atoms with E-state index in [0.29, 0.717) is 27.8 Å². The minimum Gasteiger partial charge on any atom is -0.378 e. The largest absolute Gasteiger partial charge is 0.378 e. The first-order valence-electron chi connectivity index (χ1n) is 6.04. The zero-order valence-electron chi connectivity index (χ0n) is 11.3. The van der Waals surface area contributed by atoms with Crippen LogP contribution in [-0.2, 0) is 17.9 Å². The summed E-state index contributed by atoms with van der Waals surface area (Å²) in [5.41, 5.74) is 1.20. The van der Waals surface area contributed by atoms with E-state index < -0.39 is 0 Å². The number of carbonyl (C=O) groups excluding carboxylic acids is 1. The smallest absolute Gasteiger partial charge is 0.186 e. The van der Waals surface area contributed by atoms with E-state index in [-0.39, 0.29) is 12.4 Å². The van der Waals surface area contributed by atoms with Gasteiger partial charge in [0, 0.05) is 26.3 Å². The average molecular weight is 294 g/mol. The Bertz CT molecular complexity index is 601. The summed E-state index contributed by atoms with van der Waals surface area (Å²) in [6.07, 6.45) is 0.770. The Kier molecular flexibility index (Phi) is 4.81. The lowest BCUT2D eigenvalue weighted by Crippen LogP contribution is -2.17. The highest BCUT2D eigenvalue weighted by Gasteiger charge is 2.14. The van der Waals surface area contributed by atoms with Gasteiger partial charge in [-0.15, -0.1) is 0 Å². The zero-order valence-corrected chi connectivity index (χ0v) is 12.1. The van der Waals surface area contributed by atoms with Crippen LogP contribution in [0.3, 0.4) is 0 Å². The van der Waals surface area contributed by atoms with Crippen molar-refractivity contribution in [3.8, 4) is 0 Å². The van der Waals surface area contributed by atoms with E-state index in [1.165, 1.54) is 17.4 Å². The monoisotopic (exact) mass is 294 g/mol. The lowest BCUT2D eigenvalue weighted by molar-refractivity contribution is 0.112. The maximum Gasteiger partial charge on any atom is 0.186 e. The molecule has 0 saturated heterocycles. The third-order valence-corrected chi connectivity index (χ3v) is 3.93. The van der Waals surface area contributed by atoms with Crippen LogP contribution >= 0.6 is 11.3 Å². The zero-order chi connectivity index (χ0) is 14.5. The highest BCUT2D eigenvalue weighted by atomic mass is 32.1. The fourth-order valence-corrected chi connectivity index (χ4v) is 2.64. The number of halogens is 1. The number of thiazole rings is 1. The number of nitrogens with zero attached hydrogens (tertiary/aromatic N) is 2. The van der Waals surface area contributed by atoms with Crippen LogP contribution in [0.1, 0.15) is 20.9 Å². The first-order valence-corrected chi connectivity index (χ1v) is 6.85. The quantitative estimate of drug-likeness (QED) is 0.768. The first-order chi connectivity index (χ1) is 9.65. The van der Waals surface area contributed by atoms with Gasteiger partial charge in [0.15, 0.2) is 11.4 Å². The molecule has 20 heavy (non-hydrogen) atoms. The van der Waals surface area contributed by atoms with Crippen LogP contribution in [0.4, 0.5) is 9.52 Å². The molecule has 0 atom stereocenters. The number of methoxy groups -OCH3 is 1. The summed E-state index contributed by atoms with van der Waals surface area (Å²) < 4.78 is 18.6. The number of ether oxygens (including phenoxy) is 1. The van der Waals surface area contributed by atoms with E-state index in [1.54, 1.807) is 25.3 Å². The molecule has 0 unspecified atom stereocenters. The van der Waals surface area contributed by atoms with E-state index in [2.05, 4.69) is 4.98 Å². The molecule has 1 heterocycles. The van der Waals surface area contributed by atoms with Crippen molar-refractivity contribution in [2.75, 3.05) is 19.1 Å². The number of aldehydes is 1. The van der Waals surface area contributed by atoms with Crippen molar-refractivity contribution < 1.29 is 13.9 Å². The van der Waals surface area contributed by atoms with Crippen LogP contribution in [-0.4, -0.2) is 25.4 Å². The Balaban J connectivity index is 2.19. The molecule has 0 N–H and O–H groups in total. The number of hydrogen-bond donors (Lipinski definition) is 0. The Morgan fingerprint density at radius 2 is 2.20 bits per heavy atom. The van der Waals surface area contributed by atoms with Crippen molar-refractivity contribution >= 4 is 22.8 Å². The van der Waals surface area contributed by atoms with E-state index in [9.17, 15) is 9.18 Å². The Labute approximate surface area is 120 Å². The molecule has 1 aromatic heterocycles. The highest BCUT2D eigenvalue weighted by Crippen LogP contribution is 2.26. The van der Waals surface area contributed by atoms with Gasteiger partial charge in [0.1, 0.15) is 5.82 Å². The van der Waals surface area contributed by atoms with E-state index in [0.717, 1.165) is 6.29 Å². The van der Waals surface area contributed by atoms with Crippen molar-refractivity contribution in [3.63, 3.8) is 0 Å². The number of rotatable bonds is 6. The molecule has 0 radical (unpaired) electrons. The molecule has 0 amide bonds. The number of aromatic nitrogens is 1. The molecule has 0 fully saturated rings. The van der Waals surface area contributed by atoms with Gasteiger partial charge in [-0.05, 0) is 6.07 Å². The predicted molar refractivity (Wildman–Crippen MR) is 76.7 cm³/mol. The maximum absolute atomic E-state index is 13.6. The third kappa shape index (κ3) is 3.20. The van der Waals surface area contributed by atoms with Gasteiger partial charge in [-0.3, -0.25) is 4.79 Å². The lowest BCUT2D eigenvalue weighted by Gasteiger charge is -2.16. The molecule has 2 aromatic rings. The van der Waals surface area contributed by atoms with Crippen molar-refractivity contribution in [2.24, 2.45) is 0 Å². The fourth-order valence-electron chi connectivity index (χ4n) is 1.80.